The number of aliphatic carboxylic acids is 2. The molecule has 0 bridgehead atoms. The molecule has 3 N–H and O–H groups in total. The number of benzene rings is 3. The van der Waals surface area contributed by atoms with Gasteiger partial charge in [0.15, 0.2) is 5.65 Å². The summed E-state index contributed by atoms with van der Waals surface area (Å²) in [4.78, 5) is 30.9. The maximum Gasteiger partial charge on any atom is 0.328 e. The summed E-state index contributed by atoms with van der Waals surface area (Å²) in [6, 6.07) is 24.7. The first kappa shape index (κ1) is 33.2. The van der Waals surface area contributed by atoms with Gasteiger partial charge in [0.1, 0.15) is 35.6 Å². The zero-order valence-electron chi connectivity index (χ0n) is 25.8. The Hall–Kier alpha value is -5.13. The molecule has 11 heteroatoms. The van der Waals surface area contributed by atoms with E-state index in [-0.39, 0.29) is 12.4 Å². The first-order valence-electron chi connectivity index (χ1n) is 15.4. The smallest absolute Gasteiger partial charge is 0.328 e. The molecule has 3 aromatic carbocycles. The van der Waals surface area contributed by atoms with Crippen LogP contribution < -0.4 is 4.74 Å². The van der Waals surface area contributed by atoms with E-state index in [1.165, 1.54) is 12.1 Å². The number of aliphatic hydroxyl groups is 1. The van der Waals surface area contributed by atoms with E-state index >= 15 is 0 Å². The van der Waals surface area contributed by atoms with Gasteiger partial charge in [0.05, 0.1) is 6.54 Å². The lowest BCUT2D eigenvalue weighted by Crippen LogP contribution is -2.41. The highest BCUT2D eigenvalue weighted by Crippen LogP contribution is 2.27. The summed E-state index contributed by atoms with van der Waals surface area (Å²) in [5.41, 5.74) is 2.78. The van der Waals surface area contributed by atoms with Crippen LogP contribution >= 0.6 is 0 Å². The van der Waals surface area contributed by atoms with E-state index in [9.17, 15) is 19.1 Å². The number of rotatable bonds is 11. The van der Waals surface area contributed by atoms with Crippen molar-refractivity contribution in [1.29, 1.82) is 0 Å². The number of piperidine rings is 1. The van der Waals surface area contributed by atoms with Gasteiger partial charge in [0.25, 0.3) is 0 Å². The molecule has 1 aliphatic rings. The summed E-state index contributed by atoms with van der Waals surface area (Å²) >= 11 is 0. The van der Waals surface area contributed by atoms with Crippen LogP contribution in [0.2, 0.25) is 0 Å². The molecule has 3 heterocycles. The third-order valence-electron chi connectivity index (χ3n) is 8.03. The molecule has 6 rings (SSSR count). The van der Waals surface area contributed by atoms with Crippen molar-refractivity contribution in [3.8, 4) is 5.75 Å². The van der Waals surface area contributed by atoms with Crippen LogP contribution in [0.4, 0.5) is 4.39 Å². The van der Waals surface area contributed by atoms with Gasteiger partial charge < -0.3 is 29.5 Å². The van der Waals surface area contributed by atoms with Gasteiger partial charge in [0, 0.05) is 36.7 Å². The lowest BCUT2D eigenvalue weighted by molar-refractivity contribution is -0.134. The second-order valence-electron chi connectivity index (χ2n) is 11.5. The van der Waals surface area contributed by atoms with Crippen LogP contribution in [0, 0.1) is 11.7 Å². The van der Waals surface area contributed by atoms with Crippen molar-refractivity contribution in [3.05, 3.63) is 114 Å². The van der Waals surface area contributed by atoms with Gasteiger partial charge in [-0.2, -0.15) is 0 Å². The van der Waals surface area contributed by atoms with E-state index in [0.717, 1.165) is 71.4 Å². The maximum atomic E-state index is 13.4. The molecule has 47 heavy (non-hydrogen) atoms. The fourth-order valence-electron chi connectivity index (χ4n) is 5.73. The number of β-amino-alcohol motifs (C(OH)–C–C–N with tert-alkyl or cyclic N) is 1. The SMILES string of the molecule is O=C(O)/C=C/C(=O)O.OC(COc1cccc2ccccc12)CN1CCC(Cc2nc3cccnc3n2Cc2ccc(F)cc2)CC1. The van der Waals surface area contributed by atoms with Gasteiger partial charge in [-0.1, -0.05) is 48.5 Å². The van der Waals surface area contributed by atoms with E-state index in [4.69, 9.17) is 19.9 Å². The Balaban J connectivity index is 0.000000483. The standard InChI is InChI=1S/C32H33FN4O2.C4H4O4/c33-26-12-10-24(11-13-26)20-37-31(35-29-8-4-16-34-32(29)37)19-23-14-17-36(18-15-23)21-27(38)22-39-30-9-3-6-25-5-1-2-7-28(25)30;5-3(6)1-2-4(7)8/h1-13,16,23,27,38H,14-15,17-22H2;1-2H,(H,5,6)(H,7,8)/b;2-1+. The highest BCUT2D eigenvalue weighted by molar-refractivity contribution is 5.89. The molecule has 1 atom stereocenters. The minimum absolute atomic E-state index is 0.232. The molecule has 244 valence electrons. The Bertz CT molecular complexity index is 1810. The largest absolute Gasteiger partial charge is 0.490 e. The summed E-state index contributed by atoms with van der Waals surface area (Å²) in [5, 5.41) is 28.5. The number of halogens is 1. The Morgan fingerprint density at radius 1 is 0.936 bits per heavy atom. The second kappa shape index (κ2) is 15.9. The van der Waals surface area contributed by atoms with Gasteiger partial charge in [-0.15, -0.1) is 0 Å². The topological polar surface area (TPSA) is 138 Å². The molecule has 1 fully saturated rings. The second-order valence-corrected chi connectivity index (χ2v) is 11.5. The number of likely N-dealkylation sites (tertiary alicyclic amines) is 1. The van der Waals surface area contributed by atoms with Crippen LogP contribution in [0.1, 0.15) is 24.2 Å². The van der Waals surface area contributed by atoms with E-state index < -0.39 is 18.0 Å². The Labute approximate surface area is 271 Å². The molecule has 1 saturated heterocycles. The molecule has 0 amide bonds. The molecule has 0 aliphatic carbocycles. The van der Waals surface area contributed by atoms with Crippen LogP contribution in [0.5, 0.6) is 5.75 Å². The summed E-state index contributed by atoms with van der Waals surface area (Å²) in [7, 11) is 0. The van der Waals surface area contributed by atoms with Crippen molar-refractivity contribution in [1.82, 2.24) is 19.4 Å². The first-order chi connectivity index (χ1) is 22.7. The summed E-state index contributed by atoms with van der Waals surface area (Å²) in [5.74, 6) is -0.405. The van der Waals surface area contributed by atoms with Crippen molar-refractivity contribution >= 4 is 33.9 Å². The third kappa shape index (κ3) is 9.44. The molecular formula is C36H37FN4O6. The zero-order valence-corrected chi connectivity index (χ0v) is 25.8. The minimum atomic E-state index is -1.26. The van der Waals surface area contributed by atoms with E-state index in [1.807, 2.05) is 54.6 Å². The molecule has 5 aromatic rings. The average molecular weight is 641 g/mol. The highest BCUT2D eigenvalue weighted by atomic mass is 19.1. The maximum absolute atomic E-state index is 13.4. The molecule has 0 spiro atoms. The molecule has 2 aromatic heterocycles. The number of fused-ring (bicyclic) bond motifs is 2. The monoisotopic (exact) mass is 640 g/mol. The fourth-order valence-corrected chi connectivity index (χ4v) is 5.73. The van der Waals surface area contributed by atoms with Gasteiger partial charge in [0.2, 0.25) is 0 Å². The molecule has 0 saturated carbocycles. The summed E-state index contributed by atoms with van der Waals surface area (Å²) < 4.78 is 21.6. The van der Waals surface area contributed by atoms with Crippen molar-refractivity contribution in [2.24, 2.45) is 5.92 Å². The number of pyridine rings is 1. The van der Waals surface area contributed by atoms with Gasteiger partial charge in [-0.3, -0.25) is 0 Å². The van der Waals surface area contributed by atoms with Crippen molar-refractivity contribution in [2.45, 2.75) is 31.9 Å². The number of imidazole rings is 1. The van der Waals surface area contributed by atoms with Crippen molar-refractivity contribution < 1.29 is 34.0 Å². The lowest BCUT2D eigenvalue weighted by atomic mass is 9.93. The van der Waals surface area contributed by atoms with Crippen LogP contribution in [0.25, 0.3) is 21.9 Å². The minimum Gasteiger partial charge on any atom is -0.490 e. The molecule has 1 aliphatic heterocycles. The normalized spacial score (nSPS) is 14.6. The van der Waals surface area contributed by atoms with E-state index in [2.05, 4.69) is 26.6 Å². The van der Waals surface area contributed by atoms with Crippen molar-refractivity contribution in [3.63, 3.8) is 0 Å². The number of aromatic nitrogens is 3. The number of aliphatic hydroxyl groups excluding tert-OH is 1. The van der Waals surface area contributed by atoms with Crippen LogP contribution in [0.3, 0.4) is 0 Å². The number of hydrogen-bond donors (Lipinski definition) is 3. The lowest BCUT2D eigenvalue weighted by Gasteiger charge is -2.33. The van der Waals surface area contributed by atoms with Gasteiger partial charge in [-0.25, -0.2) is 23.9 Å². The fraction of sp³-hybridized carbons (Fsp3) is 0.278. The van der Waals surface area contributed by atoms with E-state index in [1.54, 1.807) is 6.20 Å². The predicted octanol–water partition coefficient (Wildman–Crippen LogP) is 5.18. The first-order valence-corrected chi connectivity index (χ1v) is 15.4. The van der Waals surface area contributed by atoms with Crippen LogP contribution in [0.15, 0.2) is 97.2 Å². The quantitative estimate of drug-likeness (QED) is 0.167. The number of ether oxygens (including phenoxy) is 1. The predicted molar refractivity (Wildman–Crippen MR) is 176 cm³/mol. The number of carboxylic acid groups (broad SMARTS) is 2. The van der Waals surface area contributed by atoms with Gasteiger partial charge in [-0.05, 0) is 73.1 Å². The van der Waals surface area contributed by atoms with E-state index in [0.29, 0.717) is 31.2 Å². The summed E-state index contributed by atoms with van der Waals surface area (Å²) in [6.07, 6.45) is 5.33. The molecule has 10 nitrogen and oxygen atoms in total. The number of hydrogen-bond acceptors (Lipinski definition) is 7. The van der Waals surface area contributed by atoms with Crippen LogP contribution in [-0.2, 0) is 22.6 Å². The summed E-state index contributed by atoms with van der Waals surface area (Å²) in [6.45, 7) is 3.36. The molecule has 1 unspecified atom stereocenters. The number of carbonyl (C=O) groups is 2. The Kier molecular flexibility index (Phi) is 11.3. The molecule has 0 radical (unpaired) electrons. The highest BCUT2D eigenvalue weighted by Gasteiger charge is 2.24. The Morgan fingerprint density at radius 3 is 2.36 bits per heavy atom. The zero-order chi connectivity index (χ0) is 33.2. The number of carboxylic acids is 2. The van der Waals surface area contributed by atoms with Gasteiger partial charge >= 0.3 is 11.9 Å². The number of nitrogens with zero attached hydrogens (tertiary/aromatic N) is 4. The van der Waals surface area contributed by atoms with Crippen molar-refractivity contribution in [2.75, 3.05) is 26.2 Å². The molecular weight excluding hydrogens is 603 g/mol. The Morgan fingerprint density at radius 2 is 1.64 bits per heavy atom. The van der Waals surface area contributed by atoms with Crippen LogP contribution in [-0.4, -0.2) is 79.0 Å². The third-order valence-corrected chi connectivity index (χ3v) is 8.03. The average Bonchev–Trinajstić information content (AvgIpc) is 3.41.